The van der Waals surface area contributed by atoms with Crippen molar-refractivity contribution in [3.8, 4) is 0 Å². The predicted octanol–water partition coefficient (Wildman–Crippen LogP) is 1.74. The van der Waals surface area contributed by atoms with Gasteiger partial charge >= 0.3 is 0 Å². The summed E-state index contributed by atoms with van der Waals surface area (Å²) < 4.78 is 5.21. The summed E-state index contributed by atoms with van der Waals surface area (Å²) >= 11 is 0. The largest absolute Gasteiger partial charge is 0.391 e. The van der Waals surface area contributed by atoms with Gasteiger partial charge in [-0.3, -0.25) is 0 Å². The molecular formula is C12H24O3. The van der Waals surface area contributed by atoms with E-state index >= 15 is 0 Å². The molecule has 3 atom stereocenters. The highest BCUT2D eigenvalue weighted by atomic mass is 16.5. The fourth-order valence-electron chi connectivity index (χ4n) is 1.54. The number of aliphatic hydroxyl groups excluding tert-OH is 1. The van der Waals surface area contributed by atoms with E-state index in [1.807, 2.05) is 19.9 Å². The summed E-state index contributed by atoms with van der Waals surface area (Å²) in [5.41, 5.74) is 0.0725. The molecule has 0 saturated heterocycles. The van der Waals surface area contributed by atoms with Gasteiger partial charge in [0.15, 0.2) is 0 Å². The Morgan fingerprint density at radius 2 is 1.80 bits per heavy atom. The molecule has 3 unspecified atom stereocenters. The molecule has 0 aliphatic rings. The second-order valence-corrected chi connectivity index (χ2v) is 4.71. The lowest BCUT2D eigenvalue weighted by molar-refractivity contribution is -0.0227. The van der Waals surface area contributed by atoms with Crippen LogP contribution in [0.1, 0.15) is 34.6 Å². The molecule has 0 aromatic rings. The number of aliphatic hydroxyl groups is 2. The minimum Gasteiger partial charge on any atom is -0.391 e. The first-order chi connectivity index (χ1) is 6.70. The topological polar surface area (TPSA) is 49.7 Å². The molecule has 0 bridgehead atoms. The minimum atomic E-state index is -0.814. The summed E-state index contributed by atoms with van der Waals surface area (Å²) in [5, 5.41) is 19.2. The zero-order valence-electron chi connectivity index (χ0n) is 10.6. The van der Waals surface area contributed by atoms with Crippen LogP contribution in [0.3, 0.4) is 0 Å². The van der Waals surface area contributed by atoms with E-state index in [9.17, 15) is 10.2 Å². The average molecular weight is 216 g/mol. The maximum Gasteiger partial charge on any atom is 0.0887 e. The lowest BCUT2D eigenvalue weighted by Crippen LogP contribution is -2.32. The van der Waals surface area contributed by atoms with Crippen molar-refractivity contribution in [3.63, 3.8) is 0 Å². The van der Waals surface area contributed by atoms with Crippen LogP contribution in [0, 0.1) is 5.92 Å². The van der Waals surface area contributed by atoms with Crippen LogP contribution in [0.4, 0.5) is 0 Å². The first-order valence-corrected chi connectivity index (χ1v) is 5.32. The van der Waals surface area contributed by atoms with Crippen LogP contribution in [0.5, 0.6) is 0 Å². The summed E-state index contributed by atoms with van der Waals surface area (Å²) in [6.45, 7) is 9.05. The first-order valence-electron chi connectivity index (χ1n) is 5.32. The van der Waals surface area contributed by atoms with Gasteiger partial charge in [-0.25, -0.2) is 0 Å². The minimum absolute atomic E-state index is 0.0708. The molecule has 15 heavy (non-hydrogen) atoms. The lowest BCUT2D eigenvalue weighted by Gasteiger charge is -2.26. The molecule has 0 rings (SSSR count). The molecule has 2 N–H and O–H groups in total. The Hall–Kier alpha value is -0.380. The van der Waals surface area contributed by atoms with Crippen LogP contribution in [0.2, 0.25) is 0 Å². The average Bonchev–Trinajstić information content (AvgIpc) is 2.02. The highest BCUT2D eigenvalue weighted by Crippen LogP contribution is 2.20. The van der Waals surface area contributed by atoms with Gasteiger partial charge in [0.25, 0.3) is 0 Å². The molecule has 0 aliphatic carbocycles. The number of hydrogen-bond donors (Lipinski definition) is 2. The van der Waals surface area contributed by atoms with Gasteiger partial charge in [0.05, 0.1) is 17.8 Å². The van der Waals surface area contributed by atoms with Crippen molar-refractivity contribution in [2.45, 2.75) is 52.4 Å². The molecule has 0 heterocycles. The van der Waals surface area contributed by atoms with Gasteiger partial charge < -0.3 is 14.9 Å². The lowest BCUT2D eigenvalue weighted by atomic mass is 9.92. The molecule has 90 valence electrons. The van der Waals surface area contributed by atoms with Gasteiger partial charge in [-0.05, 0) is 33.3 Å². The molecule has 0 fully saturated rings. The Kier molecular flexibility index (Phi) is 5.49. The van der Waals surface area contributed by atoms with E-state index in [1.54, 1.807) is 27.9 Å². The Bertz CT molecular complexity index is 213. The van der Waals surface area contributed by atoms with Crippen LogP contribution >= 0.6 is 0 Å². The third kappa shape index (κ3) is 4.78. The molecule has 0 aliphatic heterocycles. The molecule has 0 saturated carbocycles. The summed E-state index contributed by atoms with van der Waals surface area (Å²) in [5.74, 6) is 0.0708. The summed E-state index contributed by atoms with van der Waals surface area (Å²) in [6, 6.07) is 0. The van der Waals surface area contributed by atoms with E-state index in [4.69, 9.17) is 4.74 Å². The highest BCUT2D eigenvalue weighted by molar-refractivity contribution is 5.12. The predicted molar refractivity (Wildman–Crippen MR) is 61.7 cm³/mol. The highest BCUT2D eigenvalue weighted by Gasteiger charge is 2.22. The number of hydrogen-bond acceptors (Lipinski definition) is 3. The molecular weight excluding hydrogens is 192 g/mol. The SMILES string of the molecule is COC(C(C)O)C(C)/C=C(\C)C(C)(C)O. The third-order valence-electron chi connectivity index (χ3n) is 2.74. The van der Waals surface area contributed by atoms with Crippen LogP contribution in [0.25, 0.3) is 0 Å². The number of methoxy groups -OCH3 is 1. The van der Waals surface area contributed by atoms with Crippen LogP contribution in [-0.4, -0.2) is 35.1 Å². The molecule has 0 radical (unpaired) electrons. The van der Waals surface area contributed by atoms with Crippen LogP contribution in [0.15, 0.2) is 11.6 Å². The van der Waals surface area contributed by atoms with E-state index in [0.29, 0.717) is 0 Å². The van der Waals surface area contributed by atoms with Crippen molar-refractivity contribution < 1.29 is 14.9 Å². The molecule has 0 aromatic carbocycles. The maximum atomic E-state index is 9.76. The van der Waals surface area contributed by atoms with E-state index in [1.165, 1.54) is 0 Å². The second kappa shape index (κ2) is 5.64. The molecule has 3 nitrogen and oxygen atoms in total. The van der Waals surface area contributed by atoms with Crippen molar-refractivity contribution in [2.24, 2.45) is 5.92 Å². The monoisotopic (exact) mass is 216 g/mol. The smallest absolute Gasteiger partial charge is 0.0887 e. The van der Waals surface area contributed by atoms with Gasteiger partial charge in [-0.15, -0.1) is 0 Å². The number of rotatable bonds is 5. The molecule has 0 spiro atoms. The fourth-order valence-corrected chi connectivity index (χ4v) is 1.54. The first kappa shape index (κ1) is 14.6. The Balaban J connectivity index is 4.65. The van der Waals surface area contributed by atoms with Crippen molar-refractivity contribution in [3.05, 3.63) is 11.6 Å². The molecule has 3 heteroatoms. The van der Waals surface area contributed by atoms with E-state index in [0.717, 1.165) is 5.57 Å². The quantitative estimate of drug-likeness (QED) is 0.688. The second-order valence-electron chi connectivity index (χ2n) is 4.71. The zero-order valence-corrected chi connectivity index (χ0v) is 10.6. The van der Waals surface area contributed by atoms with Crippen LogP contribution < -0.4 is 0 Å². The maximum absolute atomic E-state index is 9.76. The van der Waals surface area contributed by atoms with Crippen molar-refractivity contribution in [1.29, 1.82) is 0 Å². The summed E-state index contributed by atoms with van der Waals surface area (Å²) in [7, 11) is 1.58. The Morgan fingerprint density at radius 1 is 1.33 bits per heavy atom. The van der Waals surface area contributed by atoms with Crippen LogP contribution in [-0.2, 0) is 4.74 Å². The fraction of sp³-hybridized carbons (Fsp3) is 0.833. The van der Waals surface area contributed by atoms with Crippen molar-refractivity contribution in [1.82, 2.24) is 0 Å². The molecule has 0 aromatic heterocycles. The standard InChI is InChI=1S/C12H24O3/c1-8(11(15-6)10(3)13)7-9(2)12(4,5)14/h7-8,10-11,13-14H,1-6H3/b9-7+. The normalized spacial score (nSPS) is 19.9. The Labute approximate surface area is 92.8 Å². The summed E-state index contributed by atoms with van der Waals surface area (Å²) in [4.78, 5) is 0. The van der Waals surface area contributed by atoms with E-state index in [2.05, 4.69) is 0 Å². The third-order valence-corrected chi connectivity index (χ3v) is 2.74. The van der Waals surface area contributed by atoms with Gasteiger partial charge in [-0.2, -0.15) is 0 Å². The molecule has 0 amide bonds. The van der Waals surface area contributed by atoms with E-state index < -0.39 is 11.7 Å². The van der Waals surface area contributed by atoms with Crippen molar-refractivity contribution >= 4 is 0 Å². The Morgan fingerprint density at radius 3 is 2.07 bits per heavy atom. The number of ether oxygens (including phenoxy) is 1. The van der Waals surface area contributed by atoms with Gasteiger partial charge in [0.2, 0.25) is 0 Å². The van der Waals surface area contributed by atoms with Gasteiger partial charge in [0, 0.05) is 13.0 Å². The zero-order chi connectivity index (χ0) is 12.2. The summed E-state index contributed by atoms with van der Waals surface area (Å²) in [6.07, 6.45) is 1.19. The van der Waals surface area contributed by atoms with Crippen molar-refractivity contribution in [2.75, 3.05) is 7.11 Å². The van der Waals surface area contributed by atoms with E-state index in [-0.39, 0.29) is 12.0 Å². The van der Waals surface area contributed by atoms with Gasteiger partial charge in [0.1, 0.15) is 0 Å². The van der Waals surface area contributed by atoms with Gasteiger partial charge in [-0.1, -0.05) is 13.0 Å².